The normalized spacial score (nSPS) is 10.8. The highest BCUT2D eigenvalue weighted by Crippen LogP contribution is 2.35. The number of aromatic nitrogens is 1. The van der Waals surface area contributed by atoms with Crippen LogP contribution in [0.3, 0.4) is 0 Å². The first-order chi connectivity index (χ1) is 9.69. The lowest BCUT2D eigenvalue weighted by Gasteiger charge is -2.12. The van der Waals surface area contributed by atoms with Crippen molar-refractivity contribution < 1.29 is 0 Å². The predicted molar refractivity (Wildman–Crippen MR) is 79.3 cm³/mol. The van der Waals surface area contributed by atoms with Crippen LogP contribution in [0.5, 0.6) is 0 Å². The van der Waals surface area contributed by atoms with Crippen LogP contribution < -0.4 is 0 Å². The highest BCUT2D eigenvalue weighted by molar-refractivity contribution is 6.11. The fourth-order valence-electron chi connectivity index (χ4n) is 2.85. The molecule has 1 aromatic heterocycles. The molecule has 0 aliphatic carbocycles. The van der Waals surface area contributed by atoms with Gasteiger partial charge in [-0.25, -0.2) is 0 Å². The van der Waals surface area contributed by atoms with Crippen LogP contribution in [0, 0.1) is 22.7 Å². The molecule has 0 saturated carbocycles. The van der Waals surface area contributed by atoms with Crippen LogP contribution in [-0.2, 0) is 0 Å². The molecule has 0 amide bonds. The van der Waals surface area contributed by atoms with Gasteiger partial charge in [-0.3, -0.25) is 0 Å². The molecule has 3 rings (SSSR count). The first-order valence-electron chi connectivity index (χ1n) is 6.55. The largest absolute Gasteiger partial charge is 0.336 e. The van der Waals surface area contributed by atoms with Gasteiger partial charge in [0.05, 0.1) is 22.2 Å². The number of nitriles is 2. The highest BCUT2D eigenvalue weighted by atomic mass is 15.0. The standard InChI is InChI=1S/C17H13N3/c1-11(2)20-16-12(9-18)5-3-7-14(16)15-8-4-6-13(10-19)17(15)20/h3-8,11H,1-2H3. The molecule has 0 aliphatic heterocycles. The molecule has 2 aromatic carbocycles. The molecule has 1 heterocycles. The Bertz CT molecular complexity index is 831. The third-order valence-electron chi connectivity index (χ3n) is 3.60. The molecule has 0 fully saturated rings. The lowest BCUT2D eigenvalue weighted by atomic mass is 10.1. The Labute approximate surface area is 117 Å². The van der Waals surface area contributed by atoms with E-state index in [0.29, 0.717) is 11.1 Å². The van der Waals surface area contributed by atoms with Gasteiger partial charge in [-0.1, -0.05) is 24.3 Å². The smallest absolute Gasteiger partial charge is 0.101 e. The van der Waals surface area contributed by atoms with Crippen molar-refractivity contribution in [2.45, 2.75) is 19.9 Å². The van der Waals surface area contributed by atoms with Crippen molar-refractivity contribution in [2.75, 3.05) is 0 Å². The highest BCUT2D eigenvalue weighted by Gasteiger charge is 2.17. The van der Waals surface area contributed by atoms with Crippen LogP contribution >= 0.6 is 0 Å². The van der Waals surface area contributed by atoms with Crippen molar-refractivity contribution in [2.24, 2.45) is 0 Å². The van der Waals surface area contributed by atoms with E-state index in [0.717, 1.165) is 21.8 Å². The summed E-state index contributed by atoms with van der Waals surface area (Å²) in [7, 11) is 0. The molecular weight excluding hydrogens is 246 g/mol. The van der Waals surface area contributed by atoms with Crippen LogP contribution in [0.2, 0.25) is 0 Å². The minimum atomic E-state index is 0.180. The van der Waals surface area contributed by atoms with Gasteiger partial charge in [-0.2, -0.15) is 10.5 Å². The molecule has 0 atom stereocenters. The number of hydrogen-bond donors (Lipinski definition) is 0. The van der Waals surface area contributed by atoms with E-state index in [4.69, 9.17) is 0 Å². The number of rotatable bonds is 1. The van der Waals surface area contributed by atoms with E-state index in [2.05, 4.69) is 30.6 Å². The Morgan fingerprint density at radius 3 is 1.65 bits per heavy atom. The maximum absolute atomic E-state index is 9.37. The second kappa shape index (κ2) is 4.40. The summed E-state index contributed by atoms with van der Waals surface area (Å²) in [4.78, 5) is 0. The molecule has 3 heteroatoms. The Balaban J connectivity index is 2.69. The maximum Gasteiger partial charge on any atom is 0.101 e. The van der Waals surface area contributed by atoms with Crippen molar-refractivity contribution in [3.8, 4) is 12.1 Å². The van der Waals surface area contributed by atoms with Crippen LogP contribution in [0.25, 0.3) is 21.8 Å². The molecule has 0 radical (unpaired) electrons. The van der Waals surface area contributed by atoms with Crippen LogP contribution in [0.4, 0.5) is 0 Å². The molecule has 96 valence electrons. The summed E-state index contributed by atoms with van der Waals surface area (Å²) in [5, 5.41) is 20.8. The summed E-state index contributed by atoms with van der Waals surface area (Å²) in [6.45, 7) is 4.14. The Kier molecular flexibility index (Phi) is 2.70. The molecular formula is C17H13N3. The van der Waals surface area contributed by atoms with Gasteiger partial charge in [0.2, 0.25) is 0 Å². The number of hydrogen-bond acceptors (Lipinski definition) is 2. The Morgan fingerprint density at radius 1 is 0.850 bits per heavy atom. The second-order valence-electron chi connectivity index (χ2n) is 5.09. The van der Waals surface area contributed by atoms with Gasteiger partial charge in [-0.15, -0.1) is 0 Å². The zero-order chi connectivity index (χ0) is 14.3. The molecule has 0 N–H and O–H groups in total. The van der Waals surface area contributed by atoms with Crippen molar-refractivity contribution in [1.29, 1.82) is 10.5 Å². The second-order valence-corrected chi connectivity index (χ2v) is 5.09. The number of fused-ring (bicyclic) bond motifs is 3. The number of benzene rings is 2. The van der Waals surface area contributed by atoms with Crippen LogP contribution in [0.15, 0.2) is 36.4 Å². The maximum atomic E-state index is 9.37. The number of nitrogens with zero attached hydrogens (tertiary/aromatic N) is 3. The summed E-state index contributed by atoms with van der Waals surface area (Å²) in [5.41, 5.74) is 3.14. The molecule has 20 heavy (non-hydrogen) atoms. The Hall–Kier alpha value is -2.78. The van der Waals surface area contributed by atoms with Gasteiger partial charge in [0.25, 0.3) is 0 Å². The van der Waals surface area contributed by atoms with E-state index in [-0.39, 0.29) is 6.04 Å². The van der Waals surface area contributed by atoms with Crippen molar-refractivity contribution >= 4 is 21.8 Å². The summed E-state index contributed by atoms with van der Waals surface area (Å²) in [6, 6.07) is 16.2. The van der Waals surface area contributed by atoms with E-state index >= 15 is 0 Å². The monoisotopic (exact) mass is 259 g/mol. The quantitative estimate of drug-likeness (QED) is 0.660. The average molecular weight is 259 g/mol. The summed E-state index contributed by atoms with van der Waals surface area (Å²) >= 11 is 0. The zero-order valence-electron chi connectivity index (χ0n) is 11.4. The molecule has 3 nitrogen and oxygen atoms in total. The lowest BCUT2D eigenvalue weighted by molar-refractivity contribution is 0.641. The van der Waals surface area contributed by atoms with E-state index < -0.39 is 0 Å². The van der Waals surface area contributed by atoms with Crippen LogP contribution in [-0.4, -0.2) is 4.57 Å². The average Bonchev–Trinajstić information content (AvgIpc) is 2.81. The minimum Gasteiger partial charge on any atom is -0.336 e. The third-order valence-corrected chi connectivity index (χ3v) is 3.60. The van der Waals surface area contributed by atoms with Crippen molar-refractivity contribution in [1.82, 2.24) is 4.57 Å². The van der Waals surface area contributed by atoms with Gasteiger partial charge in [0.1, 0.15) is 12.1 Å². The molecule has 3 aromatic rings. The van der Waals surface area contributed by atoms with E-state index in [1.165, 1.54) is 0 Å². The van der Waals surface area contributed by atoms with Gasteiger partial charge in [-0.05, 0) is 26.0 Å². The zero-order valence-corrected chi connectivity index (χ0v) is 11.4. The van der Waals surface area contributed by atoms with Gasteiger partial charge >= 0.3 is 0 Å². The topological polar surface area (TPSA) is 52.5 Å². The van der Waals surface area contributed by atoms with Crippen molar-refractivity contribution in [3.05, 3.63) is 47.5 Å². The lowest BCUT2D eigenvalue weighted by Crippen LogP contribution is -2.02. The fraction of sp³-hybridized carbons (Fsp3) is 0.176. The third kappa shape index (κ3) is 1.51. The minimum absolute atomic E-state index is 0.180. The van der Waals surface area contributed by atoms with Gasteiger partial charge in [0, 0.05) is 16.8 Å². The molecule has 0 bridgehead atoms. The Morgan fingerprint density at radius 2 is 1.30 bits per heavy atom. The molecule has 0 saturated heterocycles. The van der Waals surface area contributed by atoms with Crippen LogP contribution in [0.1, 0.15) is 31.0 Å². The summed E-state index contributed by atoms with van der Waals surface area (Å²) < 4.78 is 2.10. The molecule has 0 aliphatic rings. The molecule has 0 spiro atoms. The van der Waals surface area contributed by atoms with E-state index in [1.807, 2.05) is 36.4 Å². The molecule has 0 unspecified atom stereocenters. The van der Waals surface area contributed by atoms with E-state index in [9.17, 15) is 10.5 Å². The first kappa shape index (κ1) is 12.3. The van der Waals surface area contributed by atoms with Gasteiger partial charge in [0.15, 0.2) is 0 Å². The first-order valence-corrected chi connectivity index (χ1v) is 6.55. The summed E-state index contributed by atoms with van der Waals surface area (Å²) in [6.07, 6.45) is 0. The van der Waals surface area contributed by atoms with Crippen molar-refractivity contribution in [3.63, 3.8) is 0 Å². The predicted octanol–water partition coefficient (Wildman–Crippen LogP) is 4.12. The SMILES string of the molecule is CC(C)n1c2c(C#N)cccc2c2cccc(C#N)c21. The number of para-hydroxylation sites is 2. The fourth-order valence-corrected chi connectivity index (χ4v) is 2.85. The summed E-state index contributed by atoms with van der Waals surface area (Å²) in [5.74, 6) is 0. The van der Waals surface area contributed by atoms with Gasteiger partial charge < -0.3 is 4.57 Å². The van der Waals surface area contributed by atoms with E-state index in [1.54, 1.807) is 0 Å².